The highest BCUT2D eigenvalue weighted by molar-refractivity contribution is 6.05. The number of likely N-dealkylation sites (tertiary alicyclic amines) is 1. The van der Waals surface area contributed by atoms with Gasteiger partial charge in [0.1, 0.15) is 17.7 Å². The largest absolute Gasteiger partial charge is 0.453 e. The van der Waals surface area contributed by atoms with Crippen molar-refractivity contribution in [2.24, 2.45) is 5.92 Å². The second-order valence-corrected chi connectivity index (χ2v) is 12.1. The molecule has 5 aromatic rings. The first-order chi connectivity index (χ1) is 20.9. The third-order valence-corrected chi connectivity index (χ3v) is 8.95. The number of aromatic nitrogens is 4. The maximum Gasteiger partial charge on any atom is 0.407 e. The van der Waals surface area contributed by atoms with E-state index in [4.69, 9.17) is 14.7 Å². The molecule has 0 bridgehead atoms. The molecule has 2 fully saturated rings. The average Bonchev–Trinajstić information content (AvgIpc) is 3.83. The molecule has 7 rings (SSSR count). The van der Waals surface area contributed by atoms with Gasteiger partial charge in [-0.3, -0.25) is 4.79 Å². The maximum atomic E-state index is 13.5. The van der Waals surface area contributed by atoms with Gasteiger partial charge in [0.25, 0.3) is 0 Å². The number of alkyl carbamates (subject to hydrolysis) is 1. The Hall–Kier alpha value is -4.44. The number of ether oxygens (including phenoxy) is 1. The molecular weight excluding hydrogens is 542 g/mol. The standard InChI is InChI=1S/C33H37N7O3/c1-18(2)28(39-33(42)43-3)32(41)40-15-5-7-27(40)31-35-23-12-9-20(17-26(23)37-31)19-8-11-22-21(16-19)10-13-24-29(22)38-30(36-24)25-6-4-14-34-25/h8-13,16-18,25,27-28,34H,4-7,14-15H2,1-3H3,(H,35,37)(H,36,38)(H,39,42)/t25?,27-,28+/m0/s1. The summed E-state index contributed by atoms with van der Waals surface area (Å²) < 4.78 is 4.76. The molecule has 1 unspecified atom stereocenters. The third-order valence-electron chi connectivity index (χ3n) is 8.95. The van der Waals surface area contributed by atoms with Crippen LogP contribution < -0.4 is 10.6 Å². The van der Waals surface area contributed by atoms with Crippen LogP contribution in [-0.2, 0) is 9.53 Å². The summed E-state index contributed by atoms with van der Waals surface area (Å²) in [5, 5.41) is 8.53. The lowest BCUT2D eigenvalue weighted by molar-refractivity contribution is -0.135. The number of fused-ring (bicyclic) bond motifs is 4. The highest BCUT2D eigenvalue weighted by atomic mass is 16.5. The molecule has 0 saturated carbocycles. The number of carbonyl (C=O) groups is 2. The molecule has 3 aromatic carbocycles. The Morgan fingerprint density at radius 1 is 0.953 bits per heavy atom. The van der Waals surface area contributed by atoms with Gasteiger partial charge in [0.05, 0.1) is 41.3 Å². The summed E-state index contributed by atoms with van der Waals surface area (Å²) >= 11 is 0. The minimum Gasteiger partial charge on any atom is -0.453 e. The van der Waals surface area contributed by atoms with Crippen molar-refractivity contribution < 1.29 is 14.3 Å². The normalized spacial score (nSPS) is 19.6. The molecule has 4 N–H and O–H groups in total. The van der Waals surface area contributed by atoms with Crippen molar-refractivity contribution in [1.82, 2.24) is 35.5 Å². The Morgan fingerprint density at radius 3 is 2.56 bits per heavy atom. The summed E-state index contributed by atoms with van der Waals surface area (Å²) in [4.78, 5) is 44.2. The van der Waals surface area contributed by atoms with Gasteiger partial charge >= 0.3 is 6.09 Å². The Morgan fingerprint density at radius 2 is 1.77 bits per heavy atom. The van der Waals surface area contributed by atoms with Crippen LogP contribution in [0, 0.1) is 5.92 Å². The van der Waals surface area contributed by atoms with E-state index in [2.05, 4.69) is 63.1 Å². The zero-order valence-corrected chi connectivity index (χ0v) is 24.7. The molecule has 10 heteroatoms. The molecule has 10 nitrogen and oxygen atoms in total. The molecule has 2 aliphatic rings. The van der Waals surface area contributed by atoms with Crippen molar-refractivity contribution in [1.29, 1.82) is 0 Å². The first-order valence-corrected chi connectivity index (χ1v) is 15.2. The van der Waals surface area contributed by atoms with Crippen molar-refractivity contribution >= 4 is 44.8 Å². The van der Waals surface area contributed by atoms with Gasteiger partial charge in [0.2, 0.25) is 5.91 Å². The lowest BCUT2D eigenvalue weighted by atomic mass is 10.0. The van der Waals surface area contributed by atoms with Crippen molar-refractivity contribution in [3.63, 3.8) is 0 Å². The Balaban J connectivity index is 1.16. The van der Waals surface area contributed by atoms with Gasteiger partial charge in [-0.05, 0) is 78.9 Å². The number of imidazole rings is 2. The van der Waals surface area contributed by atoms with E-state index in [1.165, 1.54) is 13.5 Å². The maximum absolute atomic E-state index is 13.5. The SMILES string of the molecule is COC(=O)N[C@@H](C(=O)N1CCC[C@H]1c1nc2ccc(-c3ccc4c(ccc5[nH]c(C6CCCN6)nc54)c3)cc2[nH]1)C(C)C. The summed E-state index contributed by atoms with van der Waals surface area (Å²) in [6.07, 6.45) is 3.37. The van der Waals surface area contributed by atoms with Crippen LogP contribution in [0.2, 0.25) is 0 Å². The third kappa shape index (κ3) is 4.99. The first kappa shape index (κ1) is 27.4. The number of carbonyl (C=O) groups excluding carboxylic acids is 2. The van der Waals surface area contributed by atoms with Gasteiger partial charge in [-0.25, -0.2) is 14.8 Å². The number of methoxy groups -OCH3 is 1. The monoisotopic (exact) mass is 579 g/mol. The van der Waals surface area contributed by atoms with Gasteiger partial charge < -0.3 is 30.2 Å². The molecule has 43 heavy (non-hydrogen) atoms. The van der Waals surface area contributed by atoms with Gasteiger partial charge in [-0.15, -0.1) is 0 Å². The van der Waals surface area contributed by atoms with E-state index in [9.17, 15) is 9.59 Å². The summed E-state index contributed by atoms with van der Waals surface area (Å²) in [6.45, 7) is 5.50. The number of benzene rings is 3. The van der Waals surface area contributed by atoms with E-state index < -0.39 is 12.1 Å². The number of hydrogen-bond acceptors (Lipinski definition) is 6. The molecule has 0 spiro atoms. The van der Waals surface area contributed by atoms with E-state index >= 15 is 0 Å². The highest BCUT2D eigenvalue weighted by Gasteiger charge is 2.37. The Kier molecular flexibility index (Phi) is 7.01. The molecule has 2 amide bonds. The molecule has 0 aliphatic carbocycles. The van der Waals surface area contributed by atoms with Crippen LogP contribution >= 0.6 is 0 Å². The number of rotatable bonds is 6. The molecule has 0 radical (unpaired) electrons. The number of hydrogen-bond donors (Lipinski definition) is 4. The summed E-state index contributed by atoms with van der Waals surface area (Å²) in [6, 6.07) is 16.5. The van der Waals surface area contributed by atoms with Crippen molar-refractivity contribution in [2.75, 3.05) is 20.2 Å². The number of amides is 2. The van der Waals surface area contributed by atoms with Gasteiger partial charge in [0.15, 0.2) is 0 Å². The van der Waals surface area contributed by atoms with Crippen LogP contribution in [0.3, 0.4) is 0 Å². The second-order valence-electron chi connectivity index (χ2n) is 12.1. The fraction of sp³-hybridized carbons (Fsp3) is 0.394. The van der Waals surface area contributed by atoms with E-state index in [0.29, 0.717) is 12.6 Å². The molecule has 3 atom stereocenters. The van der Waals surface area contributed by atoms with Crippen LogP contribution in [0.15, 0.2) is 48.5 Å². The minimum absolute atomic E-state index is 0.0801. The van der Waals surface area contributed by atoms with E-state index in [1.807, 2.05) is 24.8 Å². The summed E-state index contributed by atoms with van der Waals surface area (Å²) in [5.41, 5.74) is 6.07. The van der Waals surface area contributed by atoms with Crippen LogP contribution in [0.25, 0.3) is 44.0 Å². The van der Waals surface area contributed by atoms with Crippen molar-refractivity contribution in [2.45, 2.75) is 57.7 Å². The predicted octanol–water partition coefficient (Wildman–Crippen LogP) is 5.73. The van der Waals surface area contributed by atoms with Gasteiger partial charge in [-0.1, -0.05) is 38.1 Å². The van der Waals surface area contributed by atoms with E-state index in [0.717, 1.165) is 81.4 Å². The highest BCUT2D eigenvalue weighted by Crippen LogP contribution is 2.35. The topological polar surface area (TPSA) is 128 Å². The quantitative estimate of drug-likeness (QED) is 0.204. The summed E-state index contributed by atoms with van der Waals surface area (Å²) in [5.74, 6) is 1.60. The van der Waals surface area contributed by atoms with E-state index in [-0.39, 0.29) is 17.9 Å². The number of nitrogens with one attached hydrogen (secondary N) is 4. The smallest absolute Gasteiger partial charge is 0.407 e. The fourth-order valence-corrected chi connectivity index (χ4v) is 6.64. The predicted molar refractivity (Wildman–Crippen MR) is 167 cm³/mol. The fourth-order valence-electron chi connectivity index (χ4n) is 6.64. The van der Waals surface area contributed by atoms with E-state index in [1.54, 1.807) is 0 Å². The Bertz CT molecular complexity index is 1830. The zero-order chi connectivity index (χ0) is 29.7. The van der Waals surface area contributed by atoms with Crippen LogP contribution in [0.4, 0.5) is 4.79 Å². The number of aromatic amines is 2. The van der Waals surface area contributed by atoms with Gasteiger partial charge in [0, 0.05) is 11.9 Å². The van der Waals surface area contributed by atoms with Crippen LogP contribution in [-0.4, -0.2) is 63.1 Å². The number of H-pyrrole nitrogens is 2. The molecule has 2 saturated heterocycles. The summed E-state index contributed by atoms with van der Waals surface area (Å²) in [7, 11) is 1.30. The lowest BCUT2D eigenvalue weighted by Crippen LogP contribution is -2.51. The lowest BCUT2D eigenvalue weighted by Gasteiger charge is -2.29. The molecule has 222 valence electrons. The van der Waals surface area contributed by atoms with Crippen LogP contribution in [0.5, 0.6) is 0 Å². The Labute approximate surface area is 249 Å². The van der Waals surface area contributed by atoms with Crippen molar-refractivity contribution in [3.05, 3.63) is 60.2 Å². The molecular formula is C33H37N7O3. The van der Waals surface area contributed by atoms with Crippen LogP contribution in [0.1, 0.15) is 63.3 Å². The average molecular weight is 580 g/mol. The zero-order valence-electron chi connectivity index (χ0n) is 24.7. The van der Waals surface area contributed by atoms with Crippen molar-refractivity contribution in [3.8, 4) is 11.1 Å². The minimum atomic E-state index is -0.661. The van der Waals surface area contributed by atoms with Gasteiger partial charge in [-0.2, -0.15) is 0 Å². The molecule has 2 aromatic heterocycles. The molecule has 2 aliphatic heterocycles. The second kappa shape index (κ2) is 11.0. The first-order valence-electron chi connectivity index (χ1n) is 15.2. The molecule has 4 heterocycles. The number of nitrogens with zero attached hydrogens (tertiary/aromatic N) is 3.